The highest BCUT2D eigenvalue weighted by Gasteiger charge is 2.19. The highest BCUT2D eigenvalue weighted by Crippen LogP contribution is 2.14. The topological polar surface area (TPSA) is 78.9 Å². The number of unbranched alkanes of at least 4 members (excludes halogenated alkanes) is 21. The number of hydrogen-bond acceptors (Lipinski definition) is 6. The molecule has 0 N–H and O–H groups in total. The van der Waals surface area contributed by atoms with Crippen molar-refractivity contribution in [3.63, 3.8) is 0 Å². The molecule has 0 saturated heterocycles. The van der Waals surface area contributed by atoms with Crippen molar-refractivity contribution in [1.82, 2.24) is 0 Å². The van der Waals surface area contributed by atoms with Gasteiger partial charge >= 0.3 is 17.9 Å². The van der Waals surface area contributed by atoms with E-state index in [1.807, 2.05) is 0 Å². The smallest absolute Gasteiger partial charge is 0.306 e. The molecule has 0 radical (unpaired) electrons. The summed E-state index contributed by atoms with van der Waals surface area (Å²) >= 11 is 0. The Morgan fingerprint density at radius 1 is 0.304 bits per heavy atom. The highest BCUT2D eigenvalue weighted by molar-refractivity contribution is 5.71. The van der Waals surface area contributed by atoms with Crippen LogP contribution in [0, 0.1) is 0 Å². The Labute approximate surface area is 425 Å². The Kier molecular flexibility index (Phi) is 53.4. The van der Waals surface area contributed by atoms with E-state index >= 15 is 0 Å². The largest absolute Gasteiger partial charge is 0.462 e. The zero-order valence-electron chi connectivity index (χ0n) is 44.8. The molecule has 0 amide bonds. The molecule has 0 heterocycles. The maximum absolute atomic E-state index is 12.9. The fraction of sp³-hybridized carbons (Fsp3) is 0.667. The number of carbonyl (C=O) groups excluding carboxylic acids is 3. The van der Waals surface area contributed by atoms with Crippen LogP contribution in [0.3, 0.4) is 0 Å². The van der Waals surface area contributed by atoms with Crippen LogP contribution >= 0.6 is 0 Å². The second-order valence-corrected chi connectivity index (χ2v) is 18.5. The molecule has 69 heavy (non-hydrogen) atoms. The summed E-state index contributed by atoms with van der Waals surface area (Å²) in [5, 5.41) is 0. The van der Waals surface area contributed by atoms with Crippen LogP contribution in [0.4, 0.5) is 0 Å². The van der Waals surface area contributed by atoms with Crippen molar-refractivity contribution in [3.8, 4) is 0 Å². The second kappa shape index (κ2) is 56.7. The molecule has 0 aromatic heterocycles. The van der Waals surface area contributed by atoms with Crippen molar-refractivity contribution >= 4 is 17.9 Å². The molecule has 0 unspecified atom stereocenters. The van der Waals surface area contributed by atoms with E-state index in [2.05, 4.69) is 130 Å². The first kappa shape index (κ1) is 65.1. The lowest BCUT2D eigenvalue weighted by molar-refractivity contribution is -0.167. The quantitative estimate of drug-likeness (QED) is 0.0262. The average molecular weight is 958 g/mol. The van der Waals surface area contributed by atoms with E-state index in [1.54, 1.807) is 0 Å². The van der Waals surface area contributed by atoms with Gasteiger partial charge in [0, 0.05) is 19.3 Å². The van der Waals surface area contributed by atoms with Crippen LogP contribution in [-0.4, -0.2) is 37.2 Å². The first-order chi connectivity index (χ1) is 34.0. The summed E-state index contributed by atoms with van der Waals surface area (Å²) in [6.07, 6.45) is 76.4. The molecule has 0 aliphatic heterocycles. The van der Waals surface area contributed by atoms with E-state index in [0.717, 1.165) is 135 Å². The first-order valence-electron chi connectivity index (χ1n) is 28.4. The predicted molar refractivity (Wildman–Crippen MR) is 297 cm³/mol. The predicted octanol–water partition coefficient (Wildman–Crippen LogP) is 19.1. The van der Waals surface area contributed by atoms with Gasteiger partial charge in [-0.2, -0.15) is 0 Å². The summed E-state index contributed by atoms with van der Waals surface area (Å²) in [6, 6.07) is 0. The molecule has 392 valence electrons. The number of rotatable bonds is 50. The molecule has 0 aromatic rings. The van der Waals surface area contributed by atoms with Crippen LogP contribution in [0.25, 0.3) is 0 Å². The van der Waals surface area contributed by atoms with E-state index in [-0.39, 0.29) is 31.1 Å². The van der Waals surface area contributed by atoms with Gasteiger partial charge in [-0.05, 0) is 128 Å². The standard InChI is InChI=1S/C63H104O6/c1-4-7-10-13-16-19-22-25-28-30-31-33-35-38-41-44-47-50-53-56-62(65)68-59-60(58-67-61(64)55-52-49-46-43-40-37-34-27-24-21-18-15-12-9-6-3)69-63(66)57-54-51-48-45-42-39-36-32-29-26-23-20-17-14-11-8-5-2/h9,12,16-21,25-29,31,33-34,38,41,60H,4-8,10-11,13-15,22-24,30,32,35-37,39-40,42-59H2,1-3H3/b12-9-,19-16-,20-17-,21-18-,28-25-,29-26-,33-31-,34-27-,41-38-/t60-/m1/s1. The van der Waals surface area contributed by atoms with Gasteiger partial charge in [0.05, 0.1) is 0 Å². The van der Waals surface area contributed by atoms with Gasteiger partial charge in [-0.25, -0.2) is 0 Å². The first-order valence-corrected chi connectivity index (χ1v) is 28.4. The van der Waals surface area contributed by atoms with Gasteiger partial charge in [-0.3, -0.25) is 14.4 Å². The Hall–Kier alpha value is -3.93. The third kappa shape index (κ3) is 54.9. The highest BCUT2D eigenvalue weighted by atomic mass is 16.6. The summed E-state index contributed by atoms with van der Waals surface area (Å²) in [5.74, 6) is -0.957. The average Bonchev–Trinajstić information content (AvgIpc) is 3.35. The molecule has 0 saturated carbocycles. The van der Waals surface area contributed by atoms with E-state index in [9.17, 15) is 14.4 Å². The van der Waals surface area contributed by atoms with E-state index < -0.39 is 6.10 Å². The molecule has 6 nitrogen and oxygen atoms in total. The third-order valence-electron chi connectivity index (χ3n) is 11.7. The van der Waals surface area contributed by atoms with E-state index in [0.29, 0.717) is 19.3 Å². The van der Waals surface area contributed by atoms with Crippen LogP contribution in [0.5, 0.6) is 0 Å². The van der Waals surface area contributed by atoms with Crippen molar-refractivity contribution < 1.29 is 28.6 Å². The molecule has 0 aliphatic carbocycles. The lowest BCUT2D eigenvalue weighted by atomic mass is 10.1. The molecule has 6 heteroatoms. The summed E-state index contributed by atoms with van der Waals surface area (Å²) in [6.45, 7) is 6.42. The molecule has 0 bridgehead atoms. The summed E-state index contributed by atoms with van der Waals surface area (Å²) in [7, 11) is 0. The lowest BCUT2D eigenvalue weighted by Gasteiger charge is -2.18. The molecule has 0 aromatic carbocycles. The Bertz CT molecular complexity index is 1420. The van der Waals surface area contributed by atoms with Crippen molar-refractivity contribution in [2.75, 3.05) is 13.2 Å². The number of carbonyl (C=O) groups is 3. The van der Waals surface area contributed by atoms with Crippen molar-refractivity contribution in [2.24, 2.45) is 0 Å². The monoisotopic (exact) mass is 957 g/mol. The Morgan fingerprint density at radius 2 is 0.565 bits per heavy atom. The normalized spacial score (nSPS) is 12.9. The second-order valence-electron chi connectivity index (χ2n) is 18.5. The number of esters is 3. The van der Waals surface area contributed by atoms with Gasteiger partial charge in [0.2, 0.25) is 0 Å². The summed E-state index contributed by atoms with van der Waals surface area (Å²) < 4.78 is 16.8. The van der Waals surface area contributed by atoms with Gasteiger partial charge in [0.25, 0.3) is 0 Å². The molecule has 0 spiro atoms. The van der Waals surface area contributed by atoms with E-state index in [1.165, 1.54) is 77.0 Å². The van der Waals surface area contributed by atoms with Gasteiger partial charge in [0.15, 0.2) is 6.10 Å². The summed E-state index contributed by atoms with van der Waals surface area (Å²) in [5.41, 5.74) is 0. The molecule has 0 aliphatic rings. The zero-order valence-corrected chi connectivity index (χ0v) is 44.8. The Balaban J connectivity index is 4.50. The molecular weight excluding hydrogens is 853 g/mol. The van der Waals surface area contributed by atoms with Gasteiger partial charge in [-0.1, -0.05) is 214 Å². The number of ether oxygens (including phenoxy) is 3. The van der Waals surface area contributed by atoms with Crippen LogP contribution in [0.2, 0.25) is 0 Å². The van der Waals surface area contributed by atoms with Crippen LogP contribution in [-0.2, 0) is 28.6 Å². The van der Waals surface area contributed by atoms with Crippen LogP contribution in [0.15, 0.2) is 109 Å². The Morgan fingerprint density at radius 3 is 0.899 bits per heavy atom. The zero-order chi connectivity index (χ0) is 50.0. The van der Waals surface area contributed by atoms with Crippen molar-refractivity contribution in [1.29, 1.82) is 0 Å². The molecule has 0 rings (SSSR count). The van der Waals surface area contributed by atoms with Gasteiger partial charge in [-0.15, -0.1) is 0 Å². The lowest BCUT2D eigenvalue weighted by Crippen LogP contribution is -2.30. The number of allylic oxidation sites excluding steroid dienone is 18. The van der Waals surface area contributed by atoms with Crippen molar-refractivity contribution in [2.45, 2.75) is 258 Å². The fourth-order valence-electron chi connectivity index (χ4n) is 7.47. The minimum Gasteiger partial charge on any atom is -0.462 e. The molecule has 0 fully saturated rings. The summed E-state index contributed by atoms with van der Waals surface area (Å²) in [4.78, 5) is 38.2. The van der Waals surface area contributed by atoms with E-state index in [4.69, 9.17) is 14.2 Å². The minimum absolute atomic E-state index is 0.102. The maximum atomic E-state index is 12.9. The fourth-order valence-corrected chi connectivity index (χ4v) is 7.47. The SMILES string of the molecule is CC/C=C\C/C=C\C/C=C\CCCCCCCC(=O)OC[C@H](COC(=O)CCCCC/C=C\C/C=C\C/C=C\C/C=C\CCCCC)OC(=O)CCCCCCCCC/C=C\C/C=C\CCCCC. The maximum Gasteiger partial charge on any atom is 0.306 e. The van der Waals surface area contributed by atoms with Crippen LogP contribution < -0.4 is 0 Å². The van der Waals surface area contributed by atoms with Gasteiger partial charge in [0.1, 0.15) is 13.2 Å². The van der Waals surface area contributed by atoms with Crippen molar-refractivity contribution in [3.05, 3.63) is 109 Å². The molecular formula is C63H104O6. The molecule has 1 atom stereocenters. The van der Waals surface area contributed by atoms with Gasteiger partial charge < -0.3 is 14.2 Å². The van der Waals surface area contributed by atoms with Crippen LogP contribution in [0.1, 0.15) is 252 Å². The number of hydrogen-bond donors (Lipinski definition) is 0. The minimum atomic E-state index is -0.805. The third-order valence-corrected chi connectivity index (χ3v) is 11.7.